The molecule has 0 saturated carbocycles. The van der Waals surface area contributed by atoms with Crippen LogP contribution in [0.4, 0.5) is 5.69 Å². The number of anilines is 1. The van der Waals surface area contributed by atoms with Gasteiger partial charge in [0.05, 0.1) is 25.4 Å². The minimum absolute atomic E-state index is 0.250. The van der Waals surface area contributed by atoms with E-state index in [2.05, 4.69) is 41.7 Å². The Morgan fingerprint density at radius 2 is 1.93 bits per heavy atom. The van der Waals surface area contributed by atoms with E-state index in [1.54, 1.807) is 7.11 Å². The Morgan fingerprint density at radius 1 is 1.07 bits per heavy atom. The number of benzene rings is 2. The average molecular weight is 365 g/mol. The maximum absolute atomic E-state index is 6.04. The van der Waals surface area contributed by atoms with Gasteiger partial charge in [-0.05, 0) is 48.6 Å². The van der Waals surface area contributed by atoms with Crippen LogP contribution >= 0.6 is 0 Å². The summed E-state index contributed by atoms with van der Waals surface area (Å²) in [6.45, 7) is 3.87. The average Bonchev–Trinajstić information content (AvgIpc) is 3.21. The van der Waals surface area contributed by atoms with E-state index < -0.39 is 0 Å². The largest absolute Gasteiger partial charge is 0.497 e. The highest BCUT2D eigenvalue weighted by Crippen LogP contribution is 2.52. The number of methoxy groups -OCH3 is 1. The molecule has 0 saturated heterocycles. The predicted molar refractivity (Wildman–Crippen MR) is 108 cm³/mol. The number of nitrogens with one attached hydrogen (secondary N) is 1. The van der Waals surface area contributed by atoms with Crippen LogP contribution in [0.1, 0.15) is 36.4 Å². The molecule has 2 aromatic rings. The van der Waals surface area contributed by atoms with Crippen molar-refractivity contribution in [2.75, 3.05) is 32.2 Å². The Kier molecular flexibility index (Phi) is 5.35. The Hall–Kier alpha value is -2.46. The molecule has 1 heterocycles. The van der Waals surface area contributed by atoms with Crippen molar-refractivity contribution in [2.45, 2.75) is 25.3 Å². The molecule has 2 aliphatic rings. The molecule has 0 amide bonds. The lowest BCUT2D eigenvalue weighted by Crippen LogP contribution is -2.29. The molecule has 0 bridgehead atoms. The maximum atomic E-state index is 6.04. The van der Waals surface area contributed by atoms with E-state index in [1.807, 2.05) is 25.1 Å². The van der Waals surface area contributed by atoms with Crippen LogP contribution in [0.15, 0.2) is 54.6 Å². The molecule has 4 rings (SSSR count). The van der Waals surface area contributed by atoms with Crippen molar-refractivity contribution in [3.8, 4) is 11.5 Å². The van der Waals surface area contributed by atoms with Gasteiger partial charge in [-0.3, -0.25) is 0 Å². The van der Waals surface area contributed by atoms with Crippen LogP contribution in [0.2, 0.25) is 0 Å². The van der Waals surface area contributed by atoms with Gasteiger partial charge < -0.3 is 19.5 Å². The number of hydrogen-bond acceptors (Lipinski definition) is 4. The van der Waals surface area contributed by atoms with Crippen LogP contribution in [0.25, 0.3) is 0 Å². The molecule has 0 aromatic heterocycles. The fraction of sp³-hybridized carbons (Fsp3) is 0.391. The van der Waals surface area contributed by atoms with Gasteiger partial charge in [0.2, 0.25) is 0 Å². The van der Waals surface area contributed by atoms with Crippen LogP contribution < -0.4 is 14.8 Å². The summed E-state index contributed by atoms with van der Waals surface area (Å²) in [5.41, 5.74) is 3.72. The van der Waals surface area contributed by atoms with Crippen LogP contribution in [0.5, 0.6) is 11.5 Å². The molecule has 0 spiro atoms. The van der Waals surface area contributed by atoms with Gasteiger partial charge in [0, 0.05) is 12.5 Å². The first kappa shape index (κ1) is 17.9. The monoisotopic (exact) mass is 365 g/mol. The second kappa shape index (κ2) is 8.05. The smallest absolute Gasteiger partial charge is 0.142 e. The van der Waals surface area contributed by atoms with Gasteiger partial charge in [-0.15, -0.1) is 0 Å². The zero-order valence-electron chi connectivity index (χ0n) is 16.0. The first-order valence-electron chi connectivity index (χ1n) is 9.72. The molecule has 1 aliphatic heterocycles. The van der Waals surface area contributed by atoms with Gasteiger partial charge in [-0.2, -0.15) is 0 Å². The Morgan fingerprint density at radius 3 is 2.70 bits per heavy atom. The summed E-state index contributed by atoms with van der Waals surface area (Å²) >= 11 is 0. The van der Waals surface area contributed by atoms with E-state index in [0.717, 1.165) is 23.6 Å². The molecule has 1 N–H and O–H groups in total. The first-order valence-corrected chi connectivity index (χ1v) is 9.72. The molecular weight excluding hydrogens is 338 g/mol. The summed E-state index contributed by atoms with van der Waals surface area (Å²) in [6.07, 6.45) is 5.75. The third kappa shape index (κ3) is 3.54. The Balaban J connectivity index is 1.63. The summed E-state index contributed by atoms with van der Waals surface area (Å²) in [4.78, 5) is 0. The van der Waals surface area contributed by atoms with Crippen LogP contribution in [-0.2, 0) is 4.74 Å². The van der Waals surface area contributed by atoms with Crippen molar-refractivity contribution in [1.29, 1.82) is 0 Å². The molecule has 4 heteroatoms. The standard InChI is InChI=1S/C23H27NO3/c1-3-26-14-15-27-21-9-5-8-20-18-6-4-7-19(18)22(24-23(20)21)16-10-12-17(25-2)13-11-16/h4-6,8-13,18-19,22,24H,3,7,14-15H2,1-2H3. The summed E-state index contributed by atoms with van der Waals surface area (Å²) < 4.78 is 16.8. The van der Waals surface area contributed by atoms with Crippen molar-refractivity contribution in [2.24, 2.45) is 5.92 Å². The first-order chi connectivity index (χ1) is 13.3. The van der Waals surface area contributed by atoms with Gasteiger partial charge in [-0.25, -0.2) is 0 Å². The van der Waals surface area contributed by atoms with E-state index in [-0.39, 0.29) is 6.04 Å². The molecule has 0 radical (unpaired) electrons. The molecule has 142 valence electrons. The molecular formula is C23H27NO3. The van der Waals surface area contributed by atoms with Gasteiger partial charge in [0.15, 0.2) is 0 Å². The highest BCUT2D eigenvalue weighted by molar-refractivity contribution is 5.67. The number of allylic oxidation sites excluding steroid dienone is 2. The fourth-order valence-electron chi connectivity index (χ4n) is 4.21. The normalized spacial score (nSPS) is 22.7. The highest BCUT2D eigenvalue weighted by Gasteiger charge is 2.38. The molecule has 3 unspecified atom stereocenters. The summed E-state index contributed by atoms with van der Waals surface area (Å²) in [6, 6.07) is 15.0. The number of rotatable bonds is 7. The third-order valence-corrected chi connectivity index (χ3v) is 5.52. The second-order valence-corrected chi connectivity index (χ2v) is 7.01. The number of hydrogen-bond donors (Lipinski definition) is 1. The molecule has 1 aliphatic carbocycles. The van der Waals surface area contributed by atoms with E-state index >= 15 is 0 Å². The molecule has 3 atom stereocenters. The van der Waals surface area contributed by atoms with Crippen molar-refractivity contribution >= 4 is 5.69 Å². The van der Waals surface area contributed by atoms with Crippen LogP contribution in [-0.4, -0.2) is 26.9 Å². The van der Waals surface area contributed by atoms with Crippen molar-refractivity contribution in [1.82, 2.24) is 0 Å². The lowest BCUT2D eigenvalue weighted by molar-refractivity contribution is 0.110. The minimum atomic E-state index is 0.250. The van der Waals surface area contributed by atoms with E-state index in [0.29, 0.717) is 31.7 Å². The minimum Gasteiger partial charge on any atom is -0.497 e. The fourth-order valence-corrected chi connectivity index (χ4v) is 4.21. The predicted octanol–water partition coefficient (Wildman–Crippen LogP) is 4.94. The summed E-state index contributed by atoms with van der Waals surface area (Å²) in [7, 11) is 1.70. The molecule has 27 heavy (non-hydrogen) atoms. The van der Waals surface area contributed by atoms with E-state index in [9.17, 15) is 0 Å². The molecule has 0 fully saturated rings. The van der Waals surface area contributed by atoms with Crippen LogP contribution in [0, 0.1) is 5.92 Å². The summed E-state index contributed by atoms with van der Waals surface area (Å²) in [5.74, 6) is 2.73. The zero-order valence-corrected chi connectivity index (χ0v) is 16.0. The third-order valence-electron chi connectivity index (χ3n) is 5.52. The number of ether oxygens (including phenoxy) is 3. The van der Waals surface area contributed by atoms with Gasteiger partial charge in [0.25, 0.3) is 0 Å². The van der Waals surface area contributed by atoms with Gasteiger partial charge in [0.1, 0.15) is 18.1 Å². The quantitative estimate of drug-likeness (QED) is 0.557. The molecule has 2 aromatic carbocycles. The number of fused-ring (bicyclic) bond motifs is 3. The second-order valence-electron chi connectivity index (χ2n) is 7.01. The van der Waals surface area contributed by atoms with Gasteiger partial charge in [-0.1, -0.05) is 36.4 Å². The Labute approximate surface area is 161 Å². The van der Waals surface area contributed by atoms with E-state index in [4.69, 9.17) is 14.2 Å². The summed E-state index contributed by atoms with van der Waals surface area (Å²) in [5, 5.41) is 3.79. The van der Waals surface area contributed by atoms with Crippen molar-refractivity contribution < 1.29 is 14.2 Å². The zero-order chi connectivity index (χ0) is 18.6. The van der Waals surface area contributed by atoms with Crippen molar-refractivity contribution in [3.63, 3.8) is 0 Å². The lowest BCUT2D eigenvalue weighted by Gasteiger charge is -2.38. The highest BCUT2D eigenvalue weighted by atomic mass is 16.5. The van der Waals surface area contributed by atoms with Crippen LogP contribution in [0.3, 0.4) is 0 Å². The van der Waals surface area contributed by atoms with Crippen molar-refractivity contribution in [3.05, 3.63) is 65.7 Å². The number of para-hydroxylation sites is 1. The molecule has 4 nitrogen and oxygen atoms in total. The topological polar surface area (TPSA) is 39.7 Å². The Bertz CT molecular complexity index is 800. The van der Waals surface area contributed by atoms with E-state index in [1.165, 1.54) is 11.1 Å². The lowest BCUT2D eigenvalue weighted by atomic mass is 9.77. The maximum Gasteiger partial charge on any atom is 0.142 e. The van der Waals surface area contributed by atoms with Gasteiger partial charge >= 0.3 is 0 Å². The SMILES string of the molecule is CCOCCOc1cccc2c1NC(c1ccc(OC)cc1)C1CC=CC21.